The Morgan fingerprint density at radius 2 is 1.30 bits per heavy atom. The van der Waals surface area contributed by atoms with Crippen LogP contribution in [0.2, 0.25) is 0 Å². The fraction of sp³-hybridized carbons (Fsp3) is 0.333. The molecule has 3 aromatic carbocycles. The lowest BCUT2D eigenvalue weighted by Gasteiger charge is -2.35. The Morgan fingerprint density at radius 3 is 1.81 bits per heavy atom. The Balaban J connectivity index is 2.00. The van der Waals surface area contributed by atoms with Gasteiger partial charge in [0, 0.05) is 18.7 Å². The highest BCUT2D eigenvalue weighted by Gasteiger charge is 2.42. The van der Waals surface area contributed by atoms with E-state index in [-0.39, 0.29) is 31.7 Å². The maximum absolute atomic E-state index is 14.5. The Kier molecular flexibility index (Phi) is 13.3. The van der Waals surface area contributed by atoms with Crippen LogP contribution in [0, 0.1) is 5.92 Å². The monoisotopic (exact) mass is 650 g/mol. The summed E-state index contributed by atoms with van der Waals surface area (Å²) in [4.78, 5) is 55.3. The molecule has 3 rings (SSSR count). The molecule has 0 bridgehead atoms. The van der Waals surface area contributed by atoms with Gasteiger partial charge >= 0.3 is 12.1 Å². The minimum Gasteiger partial charge on any atom is -0.342 e. The third-order valence-electron chi connectivity index (χ3n) is 7.22. The molecular formula is C36H41F3N4O4. The number of anilines is 1. The van der Waals surface area contributed by atoms with Crippen LogP contribution in [0.1, 0.15) is 44.7 Å². The molecule has 0 aliphatic heterocycles. The molecule has 0 radical (unpaired) electrons. The molecule has 0 saturated carbocycles. The lowest BCUT2D eigenvalue weighted by Crippen LogP contribution is -2.58. The molecule has 47 heavy (non-hydrogen) atoms. The molecule has 3 aromatic rings. The van der Waals surface area contributed by atoms with Gasteiger partial charge in [-0.15, -0.1) is 6.58 Å². The first-order valence-electron chi connectivity index (χ1n) is 15.3. The van der Waals surface area contributed by atoms with Crippen molar-refractivity contribution in [2.45, 2.75) is 70.9 Å². The first-order valence-corrected chi connectivity index (χ1v) is 15.3. The summed E-state index contributed by atoms with van der Waals surface area (Å²) in [6.07, 6.45) is -5.27. The molecule has 0 fully saturated rings. The molecule has 0 saturated heterocycles. The fourth-order valence-electron chi connectivity index (χ4n) is 5.01. The predicted molar refractivity (Wildman–Crippen MR) is 175 cm³/mol. The van der Waals surface area contributed by atoms with Crippen LogP contribution in [0.15, 0.2) is 103 Å². The molecule has 0 spiro atoms. The molecule has 0 aliphatic rings. The zero-order valence-electron chi connectivity index (χ0n) is 26.7. The Hall–Kier alpha value is -4.93. The number of hydrogen-bond acceptors (Lipinski definition) is 4. The quantitative estimate of drug-likeness (QED) is 0.181. The van der Waals surface area contributed by atoms with Crippen LogP contribution >= 0.6 is 0 Å². The number of hydrogen-bond donors (Lipinski definition) is 3. The summed E-state index contributed by atoms with van der Waals surface area (Å²) in [5, 5.41) is 7.24. The molecule has 0 heterocycles. The van der Waals surface area contributed by atoms with E-state index in [1.807, 2.05) is 19.9 Å². The van der Waals surface area contributed by atoms with E-state index in [4.69, 9.17) is 0 Å². The SMILES string of the molecule is C=C(C)C[C@@H](NC(=O)[C@H](Cc1ccccc1)NC(=O)C(F)(F)F)C(=O)N(Cc1ccccc1)[C@@H](CC(C)C)C(=O)Nc1ccccc1. The summed E-state index contributed by atoms with van der Waals surface area (Å²) in [7, 11) is 0. The van der Waals surface area contributed by atoms with Gasteiger partial charge in [-0.05, 0) is 48.9 Å². The molecule has 11 heteroatoms. The standard InChI is InChI=1S/C36H41F3N4O4/c1-24(2)20-30(41-32(44)29(42-35(47)36(37,38)39)22-26-14-8-5-9-15-26)34(46)43(23-27-16-10-6-11-17-27)31(21-25(3)4)33(45)40-28-18-12-7-13-19-28/h5-19,25,29-31H,1,20-23H2,2-4H3,(H,40,45)(H,41,44)(H,42,47)/t29-,30+,31-/m0/s1. The van der Waals surface area contributed by atoms with Gasteiger partial charge in [0.2, 0.25) is 17.7 Å². The van der Waals surface area contributed by atoms with Crippen LogP contribution in [0.4, 0.5) is 18.9 Å². The topological polar surface area (TPSA) is 108 Å². The van der Waals surface area contributed by atoms with E-state index in [9.17, 15) is 32.3 Å². The fourth-order valence-corrected chi connectivity index (χ4v) is 5.01. The van der Waals surface area contributed by atoms with Crippen molar-refractivity contribution in [3.8, 4) is 0 Å². The molecule has 0 aliphatic carbocycles. The summed E-state index contributed by atoms with van der Waals surface area (Å²) in [5.74, 6) is -4.35. The maximum atomic E-state index is 14.5. The largest absolute Gasteiger partial charge is 0.471 e. The van der Waals surface area contributed by atoms with Crippen LogP contribution in [-0.2, 0) is 32.1 Å². The minimum absolute atomic E-state index is 0.0140. The van der Waals surface area contributed by atoms with Crippen molar-refractivity contribution in [1.82, 2.24) is 15.5 Å². The van der Waals surface area contributed by atoms with E-state index < -0.39 is 47.9 Å². The van der Waals surface area contributed by atoms with Gasteiger partial charge in [-0.2, -0.15) is 13.2 Å². The second-order valence-corrected chi connectivity index (χ2v) is 11.9. The minimum atomic E-state index is -5.23. The van der Waals surface area contributed by atoms with Gasteiger partial charge in [-0.3, -0.25) is 19.2 Å². The van der Waals surface area contributed by atoms with E-state index in [1.165, 1.54) is 4.90 Å². The number of rotatable bonds is 15. The third-order valence-corrected chi connectivity index (χ3v) is 7.22. The molecule has 3 atom stereocenters. The van der Waals surface area contributed by atoms with Crippen molar-refractivity contribution in [2.24, 2.45) is 5.92 Å². The van der Waals surface area contributed by atoms with Crippen LogP contribution in [0.3, 0.4) is 0 Å². The zero-order valence-corrected chi connectivity index (χ0v) is 26.7. The van der Waals surface area contributed by atoms with Crippen molar-refractivity contribution in [3.05, 3.63) is 114 Å². The summed E-state index contributed by atoms with van der Waals surface area (Å²) >= 11 is 0. The van der Waals surface area contributed by atoms with Gasteiger partial charge in [0.1, 0.15) is 18.1 Å². The average molecular weight is 651 g/mol. The molecule has 4 amide bonds. The van der Waals surface area contributed by atoms with E-state index in [2.05, 4.69) is 17.2 Å². The van der Waals surface area contributed by atoms with E-state index in [0.717, 1.165) is 5.56 Å². The Bertz CT molecular complexity index is 1500. The Morgan fingerprint density at radius 1 is 0.766 bits per heavy atom. The number of nitrogens with zero attached hydrogens (tertiary/aromatic N) is 1. The van der Waals surface area contributed by atoms with Crippen molar-refractivity contribution < 1.29 is 32.3 Å². The van der Waals surface area contributed by atoms with Crippen molar-refractivity contribution >= 4 is 29.3 Å². The normalized spacial score (nSPS) is 13.2. The van der Waals surface area contributed by atoms with Crippen LogP contribution < -0.4 is 16.0 Å². The number of alkyl halides is 3. The van der Waals surface area contributed by atoms with E-state index in [1.54, 1.807) is 97.2 Å². The van der Waals surface area contributed by atoms with E-state index in [0.29, 0.717) is 16.8 Å². The second-order valence-electron chi connectivity index (χ2n) is 11.9. The van der Waals surface area contributed by atoms with Crippen LogP contribution in [-0.4, -0.2) is 52.8 Å². The molecule has 0 aromatic heterocycles. The molecule has 0 unspecified atom stereocenters. The molecule has 3 N–H and O–H groups in total. The molecule has 250 valence electrons. The lowest BCUT2D eigenvalue weighted by molar-refractivity contribution is -0.174. The van der Waals surface area contributed by atoms with Gasteiger partial charge in [0.05, 0.1) is 0 Å². The maximum Gasteiger partial charge on any atom is 0.471 e. The molecule has 8 nitrogen and oxygen atoms in total. The first kappa shape index (κ1) is 36.5. The number of carbonyl (C=O) groups is 4. The van der Waals surface area contributed by atoms with Gasteiger partial charge in [-0.25, -0.2) is 0 Å². The van der Waals surface area contributed by atoms with E-state index >= 15 is 0 Å². The summed E-state index contributed by atoms with van der Waals surface area (Å²) in [6, 6.07) is 22.1. The average Bonchev–Trinajstić information content (AvgIpc) is 3.02. The highest BCUT2D eigenvalue weighted by atomic mass is 19.4. The third kappa shape index (κ3) is 11.7. The van der Waals surface area contributed by atoms with Gasteiger partial charge in [-0.1, -0.05) is 98.3 Å². The zero-order chi connectivity index (χ0) is 34.6. The predicted octanol–water partition coefficient (Wildman–Crippen LogP) is 5.81. The smallest absolute Gasteiger partial charge is 0.342 e. The highest BCUT2D eigenvalue weighted by molar-refractivity contribution is 5.99. The number of carbonyl (C=O) groups excluding carboxylic acids is 4. The van der Waals surface area contributed by atoms with Crippen molar-refractivity contribution in [3.63, 3.8) is 0 Å². The summed E-state index contributed by atoms with van der Waals surface area (Å²) in [6.45, 7) is 9.38. The van der Waals surface area contributed by atoms with Crippen molar-refractivity contribution in [2.75, 3.05) is 5.32 Å². The number of amides is 4. The number of benzene rings is 3. The van der Waals surface area contributed by atoms with Crippen molar-refractivity contribution in [1.29, 1.82) is 0 Å². The lowest BCUT2D eigenvalue weighted by atomic mass is 9.98. The Labute approximate surface area is 273 Å². The number of halogens is 3. The van der Waals surface area contributed by atoms with Gasteiger partial charge < -0.3 is 20.9 Å². The van der Waals surface area contributed by atoms with Gasteiger partial charge in [0.25, 0.3) is 0 Å². The van der Waals surface area contributed by atoms with Crippen LogP contribution in [0.5, 0.6) is 0 Å². The van der Waals surface area contributed by atoms with Crippen LogP contribution in [0.25, 0.3) is 0 Å². The first-order chi connectivity index (χ1) is 22.2. The van der Waals surface area contributed by atoms with Gasteiger partial charge in [0.15, 0.2) is 0 Å². The number of nitrogens with one attached hydrogen (secondary N) is 3. The molecular weight excluding hydrogens is 609 g/mol. The highest BCUT2D eigenvalue weighted by Crippen LogP contribution is 2.21. The number of para-hydroxylation sites is 1. The second kappa shape index (κ2) is 17.1. The summed E-state index contributed by atoms with van der Waals surface area (Å²) < 4.78 is 39.8. The summed E-state index contributed by atoms with van der Waals surface area (Å²) in [5.41, 5.74) is 2.27.